The van der Waals surface area contributed by atoms with Gasteiger partial charge in [0.2, 0.25) is 0 Å². The van der Waals surface area contributed by atoms with Crippen LogP contribution in [0.4, 0.5) is 0 Å². The lowest BCUT2D eigenvalue weighted by Crippen LogP contribution is -2.54. The summed E-state index contributed by atoms with van der Waals surface area (Å²) in [7, 11) is 1.74. The van der Waals surface area contributed by atoms with E-state index in [1.54, 1.807) is 7.11 Å². The first kappa shape index (κ1) is 14.4. The molecule has 3 nitrogen and oxygen atoms in total. The highest BCUT2D eigenvalue weighted by Gasteiger charge is 2.42. The monoisotopic (exact) mass is 263 g/mol. The highest BCUT2D eigenvalue weighted by Crippen LogP contribution is 2.39. The molecule has 1 N–H and O–H groups in total. The Kier molecular flexibility index (Phi) is 4.16. The molecular weight excluding hydrogens is 238 g/mol. The van der Waals surface area contributed by atoms with Gasteiger partial charge in [-0.1, -0.05) is 6.92 Å². The van der Waals surface area contributed by atoms with E-state index in [1.807, 2.05) is 0 Å². The van der Waals surface area contributed by atoms with Crippen LogP contribution in [0.5, 0.6) is 5.75 Å². The van der Waals surface area contributed by atoms with Crippen molar-refractivity contribution in [2.45, 2.75) is 33.1 Å². The van der Waals surface area contributed by atoms with E-state index in [-0.39, 0.29) is 5.41 Å². The number of nitrogens with one attached hydrogen (secondary N) is 1. The molecule has 0 radical (unpaired) electrons. The van der Waals surface area contributed by atoms with E-state index in [0.29, 0.717) is 0 Å². The number of ether oxygens (including phenoxy) is 2. The van der Waals surface area contributed by atoms with Crippen molar-refractivity contribution >= 4 is 0 Å². The maximum Gasteiger partial charge on any atom is 0.122 e. The quantitative estimate of drug-likeness (QED) is 0.885. The number of hydrogen-bond donors (Lipinski definition) is 1. The number of aryl methyl sites for hydroxylation is 1. The van der Waals surface area contributed by atoms with E-state index >= 15 is 0 Å². The number of benzene rings is 1. The average molecular weight is 263 g/mol. The van der Waals surface area contributed by atoms with Gasteiger partial charge in [0.05, 0.1) is 25.7 Å². The number of rotatable bonds is 5. The van der Waals surface area contributed by atoms with Gasteiger partial charge in [0.15, 0.2) is 0 Å². The molecule has 0 spiro atoms. The number of likely N-dealkylation sites (N-methyl/N-ethyl adjacent to an activating group) is 1. The molecule has 19 heavy (non-hydrogen) atoms. The van der Waals surface area contributed by atoms with Crippen molar-refractivity contribution in [3.8, 4) is 5.75 Å². The molecule has 1 fully saturated rings. The Morgan fingerprint density at radius 1 is 1.26 bits per heavy atom. The molecule has 1 aromatic carbocycles. The van der Waals surface area contributed by atoms with E-state index in [9.17, 15) is 0 Å². The van der Waals surface area contributed by atoms with Crippen LogP contribution in [0.25, 0.3) is 0 Å². The average Bonchev–Trinajstić information content (AvgIpc) is 2.35. The van der Waals surface area contributed by atoms with E-state index in [1.165, 1.54) is 22.3 Å². The topological polar surface area (TPSA) is 30.5 Å². The van der Waals surface area contributed by atoms with Gasteiger partial charge in [-0.05, 0) is 55.6 Å². The van der Waals surface area contributed by atoms with Crippen molar-refractivity contribution in [3.05, 3.63) is 28.3 Å². The molecule has 1 aliphatic heterocycles. The lowest BCUT2D eigenvalue weighted by molar-refractivity contribution is -0.0594. The van der Waals surface area contributed by atoms with E-state index in [2.05, 4.69) is 39.1 Å². The van der Waals surface area contributed by atoms with Crippen LogP contribution in [-0.2, 0) is 10.2 Å². The zero-order valence-corrected chi connectivity index (χ0v) is 12.7. The summed E-state index contributed by atoms with van der Waals surface area (Å²) < 4.78 is 11.0. The maximum absolute atomic E-state index is 5.52. The molecule has 0 atom stereocenters. The molecule has 0 amide bonds. The van der Waals surface area contributed by atoms with Crippen molar-refractivity contribution in [2.24, 2.45) is 0 Å². The minimum atomic E-state index is 0.140. The fourth-order valence-corrected chi connectivity index (χ4v) is 3.12. The summed E-state index contributed by atoms with van der Waals surface area (Å²) in [4.78, 5) is 0. The summed E-state index contributed by atoms with van der Waals surface area (Å²) in [5.41, 5.74) is 5.48. The van der Waals surface area contributed by atoms with Crippen molar-refractivity contribution in [1.82, 2.24) is 5.32 Å². The second-order valence-electron chi connectivity index (χ2n) is 5.57. The lowest BCUT2D eigenvalue weighted by atomic mass is 9.73. The fraction of sp³-hybridized carbons (Fsp3) is 0.625. The predicted molar refractivity (Wildman–Crippen MR) is 78.2 cm³/mol. The normalized spacial score (nSPS) is 17.1. The Morgan fingerprint density at radius 3 is 2.42 bits per heavy atom. The van der Waals surface area contributed by atoms with Crippen molar-refractivity contribution in [2.75, 3.05) is 33.4 Å². The maximum atomic E-state index is 5.52. The molecule has 1 aliphatic rings. The Labute approximate surface area is 116 Å². The van der Waals surface area contributed by atoms with Gasteiger partial charge in [-0.25, -0.2) is 0 Å². The molecule has 1 aromatic rings. The Balaban J connectivity index is 2.46. The van der Waals surface area contributed by atoms with Crippen molar-refractivity contribution in [1.29, 1.82) is 0 Å². The van der Waals surface area contributed by atoms with Gasteiger partial charge in [-0.15, -0.1) is 0 Å². The minimum absolute atomic E-state index is 0.140. The standard InChI is InChI=1S/C16H25NO2/c1-6-17-8-16(9-19-10-16)15-11(2)7-14(18-5)12(3)13(15)4/h7,17H,6,8-10H2,1-5H3. The van der Waals surface area contributed by atoms with Gasteiger partial charge in [0.25, 0.3) is 0 Å². The van der Waals surface area contributed by atoms with Crippen molar-refractivity contribution in [3.63, 3.8) is 0 Å². The first-order valence-corrected chi connectivity index (χ1v) is 6.99. The lowest BCUT2D eigenvalue weighted by Gasteiger charge is -2.44. The summed E-state index contributed by atoms with van der Waals surface area (Å²) in [6.07, 6.45) is 0. The zero-order valence-electron chi connectivity index (χ0n) is 12.7. The van der Waals surface area contributed by atoms with Gasteiger partial charge >= 0.3 is 0 Å². The summed E-state index contributed by atoms with van der Waals surface area (Å²) in [5, 5.41) is 3.48. The third kappa shape index (κ3) is 2.37. The number of hydrogen-bond acceptors (Lipinski definition) is 3. The zero-order chi connectivity index (χ0) is 14.0. The van der Waals surface area contributed by atoms with Gasteiger partial charge in [0.1, 0.15) is 5.75 Å². The van der Waals surface area contributed by atoms with Crippen LogP contribution in [0.2, 0.25) is 0 Å². The Morgan fingerprint density at radius 2 is 1.95 bits per heavy atom. The van der Waals surface area contributed by atoms with E-state index < -0.39 is 0 Å². The van der Waals surface area contributed by atoms with Crippen LogP contribution >= 0.6 is 0 Å². The molecule has 106 valence electrons. The second-order valence-corrected chi connectivity index (χ2v) is 5.57. The van der Waals surface area contributed by atoms with Crippen LogP contribution in [0.15, 0.2) is 6.07 Å². The van der Waals surface area contributed by atoms with E-state index in [0.717, 1.165) is 32.1 Å². The predicted octanol–water partition coefficient (Wildman–Crippen LogP) is 2.50. The molecule has 1 saturated heterocycles. The fourth-order valence-electron chi connectivity index (χ4n) is 3.12. The Hall–Kier alpha value is -1.06. The first-order valence-electron chi connectivity index (χ1n) is 6.99. The molecule has 2 rings (SSSR count). The molecule has 0 unspecified atom stereocenters. The second kappa shape index (κ2) is 5.51. The summed E-state index contributed by atoms with van der Waals surface area (Å²) in [5.74, 6) is 0.984. The Bertz CT molecular complexity index is 464. The summed E-state index contributed by atoms with van der Waals surface area (Å²) in [6, 6.07) is 2.16. The van der Waals surface area contributed by atoms with Crippen LogP contribution in [-0.4, -0.2) is 33.4 Å². The highest BCUT2D eigenvalue weighted by molar-refractivity contribution is 5.52. The van der Waals surface area contributed by atoms with Crippen molar-refractivity contribution < 1.29 is 9.47 Å². The third-order valence-corrected chi connectivity index (χ3v) is 4.27. The molecule has 0 aliphatic carbocycles. The molecule has 0 saturated carbocycles. The van der Waals surface area contributed by atoms with Gasteiger partial charge in [-0.2, -0.15) is 0 Å². The SMILES string of the molecule is CCNCC1(c2c(C)cc(OC)c(C)c2C)COC1. The van der Waals surface area contributed by atoms with Gasteiger partial charge < -0.3 is 14.8 Å². The first-order chi connectivity index (χ1) is 9.05. The minimum Gasteiger partial charge on any atom is -0.496 e. The summed E-state index contributed by atoms with van der Waals surface area (Å²) >= 11 is 0. The third-order valence-electron chi connectivity index (χ3n) is 4.27. The van der Waals surface area contributed by atoms with E-state index in [4.69, 9.17) is 9.47 Å². The van der Waals surface area contributed by atoms with Gasteiger partial charge in [-0.3, -0.25) is 0 Å². The van der Waals surface area contributed by atoms with Crippen LogP contribution < -0.4 is 10.1 Å². The molecule has 3 heteroatoms. The van der Waals surface area contributed by atoms with Crippen LogP contribution in [0.3, 0.4) is 0 Å². The van der Waals surface area contributed by atoms with Crippen LogP contribution in [0, 0.1) is 20.8 Å². The summed E-state index contributed by atoms with van der Waals surface area (Å²) in [6.45, 7) is 12.3. The number of methoxy groups -OCH3 is 1. The molecule has 1 heterocycles. The molecule has 0 aromatic heterocycles. The van der Waals surface area contributed by atoms with Gasteiger partial charge in [0, 0.05) is 6.54 Å². The smallest absolute Gasteiger partial charge is 0.122 e. The van der Waals surface area contributed by atoms with Crippen LogP contribution in [0.1, 0.15) is 29.2 Å². The highest BCUT2D eigenvalue weighted by atomic mass is 16.5. The molecule has 0 bridgehead atoms. The molecular formula is C16H25NO2. The largest absolute Gasteiger partial charge is 0.496 e.